The number of rotatable bonds is 11. The van der Waals surface area contributed by atoms with Crippen molar-refractivity contribution in [3.05, 3.63) is 338 Å². The van der Waals surface area contributed by atoms with Gasteiger partial charge in [-0.1, -0.05) is 197 Å². The summed E-state index contributed by atoms with van der Waals surface area (Å²) in [5.74, 6) is 0.317. The molecule has 0 aliphatic heterocycles. The summed E-state index contributed by atoms with van der Waals surface area (Å²) in [5, 5.41) is 17.5. The van der Waals surface area contributed by atoms with Crippen LogP contribution in [0.15, 0.2) is 272 Å². The molecule has 18 nitrogen and oxygen atoms in total. The molecule has 0 aliphatic rings. The van der Waals surface area contributed by atoms with Crippen LogP contribution in [-0.2, 0) is 0 Å². The molecule has 3 amide bonds. The number of hydrogen-bond acceptors (Lipinski definition) is 13. The molecule has 0 saturated heterocycles. The van der Waals surface area contributed by atoms with Gasteiger partial charge in [0, 0.05) is 50.0 Å². The lowest BCUT2D eigenvalue weighted by atomic mass is 10.1. The maximum atomic E-state index is 12.0. The predicted octanol–water partition coefficient (Wildman–Crippen LogP) is 17.3. The van der Waals surface area contributed by atoms with E-state index in [1.54, 1.807) is 103 Å². The molecule has 3 heterocycles. The molecule has 0 bridgehead atoms. The van der Waals surface area contributed by atoms with Crippen LogP contribution in [0.25, 0.3) is 66.9 Å². The molecule has 14 aromatic rings. The van der Waals surface area contributed by atoms with Crippen molar-refractivity contribution in [2.24, 2.45) is 11.5 Å². The van der Waals surface area contributed by atoms with Crippen LogP contribution in [-0.4, -0.2) is 63.9 Å². The number of carbonyl (C=O) groups is 5. The topological polar surface area (TPSA) is 305 Å². The number of amides is 3. The van der Waals surface area contributed by atoms with Crippen molar-refractivity contribution in [1.29, 1.82) is 0 Å². The highest BCUT2D eigenvalue weighted by Gasteiger charge is 2.14. The van der Waals surface area contributed by atoms with Gasteiger partial charge in [-0.25, -0.2) is 29.7 Å². The Hall–Kier alpha value is -13.0. The Morgan fingerprint density at radius 3 is 1.31 bits per heavy atom. The number of nitrogens with zero attached hydrogens (tertiary/aromatic N) is 5. The first kappa shape index (κ1) is 73.2. The Balaban J connectivity index is 0.000000147. The minimum Gasteiger partial charge on any atom is -0.478 e. The first-order valence-corrected chi connectivity index (χ1v) is 32.5. The Morgan fingerprint density at radius 1 is 0.422 bits per heavy atom. The third-order valence-electron chi connectivity index (χ3n) is 15.4. The molecule has 3 aromatic heterocycles. The van der Waals surface area contributed by atoms with Gasteiger partial charge in [-0.2, -0.15) is 0 Å². The largest absolute Gasteiger partial charge is 0.478 e. The molecule has 20 heteroatoms. The minimum absolute atomic E-state index is 0.101. The van der Waals surface area contributed by atoms with Crippen LogP contribution in [0, 0.1) is 34.6 Å². The molecule has 11 aromatic carbocycles. The SMILES string of the molecule is Cc1ccc(-c2nc(Cl)c3ccccc3n2)cc1.Cc1ccc(-c2nc(Nc3ccc(C(=O)O)cc3)c3ccccc3n2)cc1.Cc1ccc(-c2nc3ccccc3c(=O)[nH]2)cc1.Cc1ccc(C(=O)Cl)cc1.Cc1ccc(C(=O)Nc2ccccc2C(N)=O)cc1.NC(=O)c1ccccc1N. The molecule has 508 valence electrons. The summed E-state index contributed by atoms with van der Waals surface area (Å²) >= 11 is 11.4. The quantitative estimate of drug-likeness (QED) is 0.0360. The van der Waals surface area contributed by atoms with E-state index in [9.17, 15) is 28.8 Å². The summed E-state index contributed by atoms with van der Waals surface area (Å²) < 4.78 is 0. The molecular formula is C82H69Cl2N11O7. The van der Waals surface area contributed by atoms with Crippen LogP contribution in [0.3, 0.4) is 0 Å². The van der Waals surface area contributed by atoms with E-state index in [4.69, 9.17) is 50.5 Å². The fraction of sp³-hybridized carbons (Fsp3) is 0.0610. The lowest BCUT2D eigenvalue weighted by Crippen LogP contribution is -2.18. The second-order valence-corrected chi connectivity index (χ2v) is 23.8. The maximum absolute atomic E-state index is 12.0. The van der Waals surface area contributed by atoms with Crippen LogP contribution in [0.2, 0.25) is 5.15 Å². The third-order valence-corrected chi connectivity index (χ3v) is 15.9. The average molecular weight is 1390 g/mol. The van der Waals surface area contributed by atoms with Crippen LogP contribution in [0.1, 0.15) is 79.6 Å². The Labute approximate surface area is 598 Å². The van der Waals surface area contributed by atoms with Gasteiger partial charge in [0.15, 0.2) is 11.6 Å². The molecule has 0 saturated carbocycles. The van der Waals surface area contributed by atoms with Gasteiger partial charge in [-0.3, -0.25) is 24.0 Å². The van der Waals surface area contributed by atoms with Gasteiger partial charge in [-0.05, 0) is 155 Å². The van der Waals surface area contributed by atoms with Gasteiger partial charge in [0.1, 0.15) is 16.8 Å². The summed E-state index contributed by atoms with van der Waals surface area (Å²) in [5.41, 5.74) is 30.2. The first-order chi connectivity index (χ1) is 49.1. The summed E-state index contributed by atoms with van der Waals surface area (Å²) in [6, 6.07) is 81.3. The number of halogens is 2. The molecule has 10 N–H and O–H groups in total. The molecule has 0 atom stereocenters. The number of aromatic amines is 1. The highest BCUT2D eigenvalue weighted by atomic mass is 35.5. The molecule has 0 unspecified atom stereocenters. The number of carboxylic acids is 1. The fourth-order valence-corrected chi connectivity index (χ4v) is 10.1. The molecule has 102 heavy (non-hydrogen) atoms. The van der Waals surface area contributed by atoms with Crippen LogP contribution in [0.4, 0.5) is 22.9 Å². The number of H-pyrrole nitrogens is 1. The Morgan fingerprint density at radius 2 is 0.824 bits per heavy atom. The summed E-state index contributed by atoms with van der Waals surface area (Å²) in [7, 11) is 0. The number of aryl methyl sites for hydroxylation is 5. The van der Waals surface area contributed by atoms with Crippen molar-refractivity contribution in [3.8, 4) is 34.2 Å². The van der Waals surface area contributed by atoms with E-state index in [2.05, 4.69) is 42.5 Å². The van der Waals surface area contributed by atoms with Gasteiger partial charge in [0.05, 0.1) is 44.3 Å². The number of hydrogen-bond donors (Lipinski definition) is 7. The molecule has 0 radical (unpaired) electrons. The number of primary amides is 2. The minimum atomic E-state index is -0.948. The number of nitrogen functional groups attached to an aromatic ring is 1. The zero-order valence-electron chi connectivity index (χ0n) is 56.0. The lowest BCUT2D eigenvalue weighted by molar-refractivity contribution is 0.0696. The molecule has 0 spiro atoms. The summed E-state index contributed by atoms with van der Waals surface area (Å²) in [6.07, 6.45) is 0. The van der Waals surface area contributed by atoms with Crippen molar-refractivity contribution < 1.29 is 29.1 Å². The number of aromatic nitrogens is 6. The van der Waals surface area contributed by atoms with E-state index in [1.165, 1.54) is 16.7 Å². The van der Waals surface area contributed by atoms with Crippen molar-refractivity contribution in [2.75, 3.05) is 16.4 Å². The zero-order chi connectivity index (χ0) is 72.8. The number of nitrogens with two attached hydrogens (primary N) is 3. The highest BCUT2D eigenvalue weighted by molar-refractivity contribution is 6.67. The third kappa shape index (κ3) is 20.3. The molecule has 0 fully saturated rings. The number of carbonyl (C=O) groups excluding carboxylic acids is 4. The van der Waals surface area contributed by atoms with Crippen LogP contribution < -0.4 is 33.4 Å². The Kier molecular flexibility index (Phi) is 25.1. The normalized spacial score (nSPS) is 10.3. The van der Waals surface area contributed by atoms with Crippen LogP contribution in [0.5, 0.6) is 0 Å². The number of nitrogens with one attached hydrogen (secondary N) is 3. The highest BCUT2D eigenvalue weighted by Crippen LogP contribution is 2.29. The number of anilines is 4. The van der Waals surface area contributed by atoms with Crippen molar-refractivity contribution in [1.82, 2.24) is 29.9 Å². The summed E-state index contributed by atoms with van der Waals surface area (Å²) in [6.45, 7) is 10.0. The van der Waals surface area contributed by atoms with Gasteiger partial charge >= 0.3 is 5.97 Å². The van der Waals surface area contributed by atoms with E-state index in [1.807, 2.05) is 191 Å². The van der Waals surface area contributed by atoms with Crippen molar-refractivity contribution in [2.45, 2.75) is 34.6 Å². The van der Waals surface area contributed by atoms with Gasteiger partial charge in [-0.15, -0.1) is 0 Å². The standard InChI is InChI=1S/C22H17N3O2.C15H11ClN2.C15H14N2O2.C15H12N2O.C8H7ClO.C7H8N2O/c1-14-6-8-15(9-7-14)20-24-19-5-3-2-4-18(19)21(25-20)23-17-12-10-16(11-13-17)22(26)27;1-10-6-8-11(9-7-10)15-17-13-5-3-2-4-12(13)14(16)18-15;1-10-6-8-11(9-7-10)15(19)17-13-5-3-2-4-12(13)14(16)18;1-10-6-8-11(9-7-10)14-16-13-5-3-2-4-12(13)15(18)17-14;1-6-2-4-7(5-3-6)8(9)10;8-6-4-2-1-3-5(6)7(9)10/h2-13H,1H3,(H,26,27)(H,23,24,25);2-9H,1H3;2-9H,1H3,(H2,16,18)(H,17,19);2-9H,1H3,(H,16,17,18);2-5H,1H3;1-4H,8H2,(H2,9,10). The van der Waals surface area contributed by atoms with E-state index in [-0.39, 0.29) is 17.0 Å². The average Bonchev–Trinajstić information content (AvgIpc) is 0.809. The lowest BCUT2D eigenvalue weighted by Gasteiger charge is -2.11. The number of benzene rings is 11. The fourth-order valence-electron chi connectivity index (χ4n) is 9.75. The predicted molar refractivity (Wildman–Crippen MR) is 408 cm³/mol. The summed E-state index contributed by atoms with van der Waals surface area (Å²) in [4.78, 5) is 92.9. The van der Waals surface area contributed by atoms with Crippen LogP contribution >= 0.6 is 23.2 Å². The first-order valence-electron chi connectivity index (χ1n) is 31.7. The van der Waals surface area contributed by atoms with E-state index in [0.717, 1.165) is 60.8 Å². The number of fused-ring (bicyclic) bond motifs is 3. The number of carboxylic acid groups (broad SMARTS) is 1. The molecule has 14 rings (SSSR count). The van der Waals surface area contributed by atoms with Gasteiger partial charge < -0.3 is 37.9 Å². The monoisotopic (exact) mass is 1390 g/mol. The van der Waals surface area contributed by atoms with Crippen molar-refractivity contribution in [3.63, 3.8) is 0 Å². The second kappa shape index (κ2) is 35.0. The van der Waals surface area contributed by atoms with E-state index >= 15 is 0 Å². The Bertz CT molecular complexity index is 5350. The zero-order valence-corrected chi connectivity index (χ0v) is 57.5. The van der Waals surface area contributed by atoms with Gasteiger partial charge in [0.2, 0.25) is 0 Å². The smallest absolute Gasteiger partial charge is 0.335 e. The second-order valence-electron chi connectivity index (χ2n) is 23.1. The number of aromatic carboxylic acids is 1. The van der Waals surface area contributed by atoms with E-state index in [0.29, 0.717) is 67.5 Å². The van der Waals surface area contributed by atoms with Gasteiger partial charge in [0.25, 0.3) is 28.5 Å². The van der Waals surface area contributed by atoms with Crippen molar-refractivity contribution >= 4 is 108 Å². The number of para-hydroxylation sites is 5. The maximum Gasteiger partial charge on any atom is 0.335 e. The molecular weight excluding hydrogens is 1320 g/mol. The van der Waals surface area contributed by atoms with E-state index < -0.39 is 23.0 Å². The molecule has 0 aliphatic carbocycles.